The first-order chi connectivity index (χ1) is 12.0. The molecule has 0 bridgehead atoms. The number of rotatable bonds is 5. The van der Waals surface area contributed by atoms with Crippen LogP contribution in [-0.4, -0.2) is 41.4 Å². The molecule has 0 fully saturated rings. The Balaban J connectivity index is 2.04. The van der Waals surface area contributed by atoms with Gasteiger partial charge in [-0.05, 0) is 31.0 Å². The molecule has 1 atom stereocenters. The van der Waals surface area contributed by atoms with Gasteiger partial charge in [0, 0.05) is 25.5 Å². The molecule has 7 nitrogen and oxygen atoms in total. The van der Waals surface area contributed by atoms with Gasteiger partial charge in [-0.25, -0.2) is 9.48 Å². The van der Waals surface area contributed by atoms with Crippen molar-refractivity contribution in [2.45, 2.75) is 26.3 Å². The number of hydrogen-bond acceptors (Lipinski definition) is 6. The van der Waals surface area contributed by atoms with Crippen molar-refractivity contribution in [2.75, 3.05) is 30.9 Å². The minimum atomic E-state index is -0.362. The standard InChI is InChI=1S/C18H23N5O2/c1-5-10-25-17(24)15-12(2)21-18-19-11-20-23(18)16(15)13-6-8-14(9-7-13)22(3)4/h6-9,11,16H,5,10H2,1-4H3,(H,19,20,21). The second kappa shape index (κ2) is 6.96. The SMILES string of the molecule is CCCOC(=O)C1=C(C)Nc2ncnn2C1c1ccc(N(C)C)cc1. The average molecular weight is 341 g/mol. The Morgan fingerprint density at radius 1 is 1.32 bits per heavy atom. The molecule has 0 saturated heterocycles. The van der Waals surface area contributed by atoms with Crippen molar-refractivity contribution in [1.82, 2.24) is 14.8 Å². The third-order valence-corrected chi connectivity index (χ3v) is 4.18. The summed E-state index contributed by atoms with van der Waals surface area (Å²) in [5, 5.41) is 7.45. The maximum atomic E-state index is 12.7. The van der Waals surface area contributed by atoms with Crippen LogP contribution in [-0.2, 0) is 9.53 Å². The molecule has 0 spiro atoms. The van der Waals surface area contributed by atoms with Crippen molar-refractivity contribution in [3.8, 4) is 0 Å². The monoisotopic (exact) mass is 341 g/mol. The third-order valence-electron chi connectivity index (χ3n) is 4.18. The summed E-state index contributed by atoms with van der Waals surface area (Å²) in [4.78, 5) is 18.9. The minimum absolute atomic E-state index is 0.324. The quantitative estimate of drug-likeness (QED) is 0.843. The molecular formula is C18H23N5O2. The lowest BCUT2D eigenvalue weighted by molar-refractivity contribution is -0.139. The van der Waals surface area contributed by atoms with Gasteiger partial charge in [0.2, 0.25) is 5.95 Å². The Hall–Kier alpha value is -2.83. The van der Waals surface area contributed by atoms with Gasteiger partial charge in [0.15, 0.2) is 0 Å². The summed E-state index contributed by atoms with van der Waals surface area (Å²) in [6.45, 7) is 4.23. The predicted octanol–water partition coefficient (Wildman–Crippen LogP) is 2.59. The van der Waals surface area contributed by atoms with Crippen LogP contribution in [0.4, 0.5) is 11.6 Å². The lowest BCUT2D eigenvalue weighted by Gasteiger charge is -2.28. The van der Waals surface area contributed by atoms with E-state index in [4.69, 9.17) is 4.74 Å². The molecule has 0 amide bonds. The molecule has 0 radical (unpaired) electrons. The van der Waals surface area contributed by atoms with Crippen LogP contribution in [0.1, 0.15) is 31.9 Å². The molecule has 7 heteroatoms. The van der Waals surface area contributed by atoms with E-state index < -0.39 is 0 Å². The fourth-order valence-electron chi connectivity index (χ4n) is 2.89. The van der Waals surface area contributed by atoms with Crippen molar-refractivity contribution >= 4 is 17.6 Å². The number of carbonyl (C=O) groups is 1. The summed E-state index contributed by atoms with van der Waals surface area (Å²) in [6, 6.07) is 7.71. The van der Waals surface area contributed by atoms with Crippen LogP contribution in [0.2, 0.25) is 0 Å². The number of carbonyl (C=O) groups excluding carboxylic acids is 1. The van der Waals surface area contributed by atoms with E-state index in [1.54, 1.807) is 4.68 Å². The summed E-state index contributed by atoms with van der Waals surface area (Å²) in [5.41, 5.74) is 3.35. The van der Waals surface area contributed by atoms with E-state index >= 15 is 0 Å². The Kier molecular flexibility index (Phi) is 4.74. The highest BCUT2D eigenvalue weighted by atomic mass is 16.5. The first-order valence-electron chi connectivity index (χ1n) is 8.34. The van der Waals surface area contributed by atoms with Gasteiger partial charge in [-0.3, -0.25) is 0 Å². The van der Waals surface area contributed by atoms with Crippen LogP contribution in [0.5, 0.6) is 0 Å². The van der Waals surface area contributed by atoms with Crippen LogP contribution in [0, 0.1) is 0 Å². The second-order valence-electron chi connectivity index (χ2n) is 6.22. The zero-order chi connectivity index (χ0) is 18.0. The van der Waals surface area contributed by atoms with Crippen molar-refractivity contribution in [1.29, 1.82) is 0 Å². The Labute approximate surface area is 147 Å². The molecular weight excluding hydrogens is 318 g/mol. The van der Waals surface area contributed by atoms with E-state index in [-0.39, 0.29) is 12.0 Å². The van der Waals surface area contributed by atoms with Crippen molar-refractivity contribution < 1.29 is 9.53 Å². The van der Waals surface area contributed by atoms with E-state index in [0.717, 1.165) is 23.4 Å². The van der Waals surface area contributed by atoms with Gasteiger partial charge in [-0.15, -0.1) is 0 Å². The molecule has 3 rings (SSSR count). The molecule has 1 aliphatic heterocycles. The van der Waals surface area contributed by atoms with Gasteiger partial charge in [-0.1, -0.05) is 19.1 Å². The molecule has 0 aliphatic carbocycles. The topological polar surface area (TPSA) is 72.3 Å². The molecule has 132 valence electrons. The highest BCUT2D eigenvalue weighted by molar-refractivity contribution is 5.92. The molecule has 1 unspecified atom stereocenters. The number of allylic oxidation sites excluding steroid dienone is 1. The fraction of sp³-hybridized carbons (Fsp3) is 0.389. The smallest absolute Gasteiger partial charge is 0.338 e. The lowest BCUT2D eigenvalue weighted by Crippen LogP contribution is -2.29. The normalized spacial score (nSPS) is 16.2. The van der Waals surface area contributed by atoms with Gasteiger partial charge < -0.3 is 15.0 Å². The number of ether oxygens (including phenoxy) is 1. The van der Waals surface area contributed by atoms with Gasteiger partial charge in [-0.2, -0.15) is 10.1 Å². The predicted molar refractivity (Wildman–Crippen MR) is 96.5 cm³/mol. The van der Waals surface area contributed by atoms with Gasteiger partial charge in [0.05, 0.1) is 12.2 Å². The maximum Gasteiger partial charge on any atom is 0.338 e. The zero-order valence-corrected chi connectivity index (χ0v) is 15.0. The van der Waals surface area contributed by atoms with E-state index in [0.29, 0.717) is 18.1 Å². The molecule has 1 aromatic carbocycles. The van der Waals surface area contributed by atoms with Gasteiger partial charge in [0.25, 0.3) is 0 Å². The average Bonchev–Trinajstić information content (AvgIpc) is 3.06. The number of anilines is 2. The Bertz CT molecular complexity index is 792. The lowest BCUT2D eigenvalue weighted by atomic mass is 9.95. The Morgan fingerprint density at radius 2 is 2.04 bits per heavy atom. The highest BCUT2D eigenvalue weighted by Gasteiger charge is 2.34. The minimum Gasteiger partial charge on any atom is -0.462 e. The largest absolute Gasteiger partial charge is 0.462 e. The van der Waals surface area contributed by atoms with Gasteiger partial charge >= 0.3 is 5.97 Å². The van der Waals surface area contributed by atoms with E-state index in [9.17, 15) is 4.79 Å². The van der Waals surface area contributed by atoms with E-state index in [2.05, 4.69) is 15.4 Å². The zero-order valence-electron chi connectivity index (χ0n) is 15.0. The summed E-state index contributed by atoms with van der Waals surface area (Å²) in [7, 11) is 3.99. The van der Waals surface area contributed by atoms with E-state index in [1.807, 2.05) is 57.1 Å². The number of fused-ring (bicyclic) bond motifs is 1. The summed E-state index contributed by atoms with van der Waals surface area (Å²) in [6.07, 6.45) is 2.26. The van der Waals surface area contributed by atoms with Crippen molar-refractivity contribution in [3.63, 3.8) is 0 Å². The van der Waals surface area contributed by atoms with Gasteiger partial charge in [0.1, 0.15) is 12.4 Å². The summed E-state index contributed by atoms with van der Waals surface area (Å²) < 4.78 is 7.12. The fourth-order valence-corrected chi connectivity index (χ4v) is 2.89. The number of aromatic nitrogens is 3. The summed E-state index contributed by atoms with van der Waals surface area (Å²) in [5.74, 6) is 0.293. The van der Waals surface area contributed by atoms with Crippen LogP contribution in [0.3, 0.4) is 0 Å². The van der Waals surface area contributed by atoms with Crippen LogP contribution < -0.4 is 10.2 Å². The number of esters is 1. The highest BCUT2D eigenvalue weighted by Crippen LogP contribution is 2.35. The number of benzene rings is 1. The van der Waals surface area contributed by atoms with Crippen LogP contribution >= 0.6 is 0 Å². The molecule has 1 N–H and O–H groups in total. The Morgan fingerprint density at radius 3 is 2.68 bits per heavy atom. The molecule has 2 heterocycles. The van der Waals surface area contributed by atoms with Crippen molar-refractivity contribution in [2.24, 2.45) is 0 Å². The molecule has 1 aromatic heterocycles. The summed E-state index contributed by atoms with van der Waals surface area (Å²) >= 11 is 0. The van der Waals surface area contributed by atoms with Crippen LogP contribution in [0.25, 0.3) is 0 Å². The molecule has 0 saturated carbocycles. The van der Waals surface area contributed by atoms with Crippen molar-refractivity contribution in [3.05, 3.63) is 47.4 Å². The van der Waals surface area contributed by atoms with Crippen LogP contribution in [0.15, 0.2) is 41.9 Å². The second-order valence-corrected chi connectivity index (χ2v) is 6.22. The molecule has 1 aliphatic rings. The molecule has 2 aromatic rings. The first-order valence-corrected chi connectivity index (χ1v) is 8.34. The van der Waals surface area contributed by atoms with E-state index in [1.165, 1.54) is 6.33 Å². The first kappa shape index (κ1) is 17.0. The number of nitrogens with one attached hydrogen (secondary N) is 1. The maximum absolute atomic E-state index is 12.7. The number of hydrogen-bond donors (Lipinski definition) is 1. The third kappa shape index (κ3) is 3.22. The molecule has 25 heavy (non-hydrogen) atoms. The number of nitrogens with zero attached hydrogens (tertiary/aromatic N) is 4.